The van der Waals surface area contributed by atoms with Gasteiger partial charge in [0.1, 0.15) is 5.65 Å². The van der Waals surface area contributed by atoms with Gasteiger partial charge in [-0.05, 0) is 43.5 Å². The minimum Gasteiger partial charge on any atom is -0.420 e. The number of nitrogens with zero attached hydrogens (tertiary/aromatic N) is 6. The second-order valence-electron chi connectivity index (χ2n) is 7.91. The molecule has 5 aromatic rings. The molecule has 8 nitrogen and oxygen atoms in total. The minimum absolute atomic E-state index is 0.190. The molecule has 0 saturated heterocycles. The third kappa shape index (κ3) is 2.57. The lowest BCUT2D eigenvalue weighted by Crippen LogP contribution is -2.09. The molecule has 0 bridgehead atoms. The van der Waals surface area contributed by atoms with Crippen LogP contribution < -0.4 is 0 Å². The van der Waals surface area contributed by atoms with Gasteiger partial charge in [-0.2, -0.15) is 5.10 Å². The first-order chi connectivity index (χ1) is 14.6. The number of aryl methyl sites for hydroxylation is 2. The van der Waals surface area contributed by atoms with Gasteiger partial charge in [-0.3, -0.25) is 9.67 Å². The molecule has 0 unspecified atom stereocenters. The predicted octanol–water partition coefficient (Wildman–Crippen LogP) is 3.80. The van der Waals surface area contributed by atoms with Crippen molar-refractivity contribution < 1.29 is 4.42 Å². The van der Waals surface area contributed by atoms with Crippen LogP contribution in [0.5, 0.6) is 0 Å². The van der Waals surface area contributed by atoms with Gasteiger partial charge in [0.2, 0.25) is 11.8 Å². The molecule has 5 aromatic heterocycles. The van der Waals surface area contributed by atoms with Crippen LogP contribution >= 0.6 is 0 Å². The number of aromatic amines is 1. The summed E-state index contributed by atoms with van der Waals surface area (Å²) in [6.45, 7) is 2.00. The minimum atomic E-state index is -0.190. The molecular formula is C22H19N7O. The third-order valence-electron chi connectivity index (χ3n) is 5.83. The number of pyridine rings is 2. The summed E-state index contributed by atoms with van der Waals surface area (Å²) in [4.78, 5) is 12.1. The Bertz CT molecular complexity index is 1390. The van der Waals surface area contributed by atoms with Crippen molar-refractivity contribution in [2.24, 2.45) is 7.05 Å². The zero-order chi connectivity index (χ0) is 20.3. The van der Waals surface area contributed by atoms with Crippen molar-refractivity contribution >= 4 is 11.0 Å². The van der Waals surface area contributed by atoms with E-state index in [2.05, 4.69) is 42.4 Å². The normalized spacial score (nSPS) is 15.0. The monoisotopic (exact) mass is 397 g/mol. The highest BCUT2D eigenvalue weighted by atomic mass is 16.4. The maximum absolute atomic E-state index is 6.20. The number of nitrogens with one attached hydrogen (secondary N) is 1. The molecule has 5 heterocycles. The molecule has 1 fully saturated rings. The summed E-state index contributed by atoms with van der Waals surface area (Å²) in [5.74, 6) is 1.16. The molecule has 30 heavy (non-hydrogen) atoms. The fourth-order valence-electron chi connectivity index (χ4n) is 4.03. The van der Waals surface area contributed by atoms with Crippen molar-refractivity contribution in [3.8, 4) is 22.6 Å². The van der Waals surface area contributed by atoms with Crippen molar-refractivity contribution in [2.45, 2.75) is 25.2 Å². The smallest absolute Gasteiger partial charge is 0.249 e. The van der Waals surface area contributed by atoms with Crippen molar-refractivity contribution in [1.29, 1.82) is 0 Å². The summed E-state index contributed by atoms with van der Waals surface area (Å²) in [5.41, 5.74) is 5.61. The van der Waals surface area contributed by atoms with E-state index in [0.29, 0.717) is 11.8 Å². The van der Waals surface area contributed by atoms with Gasteiger partial charge in [-0.1, -0.05) is 0 Å². The van der Waals surface area contributed by atoms with Gasteiger partial charge in [0.05, 0.1) is 17.2 Å². The first-order valence-corrected chi connectivity index (χ1v) is 9.86. The van der Waals surface area contributed by atoms with Gasteiger partial charge >= 0.3 is 0 Å². The molecule has 0 spiro atoms. The lowest BCUT2D eigenvalue weighted by Gasteiger charge is -2.10. The van der Waals surface area contributed by atoms with Crippen molar-refractivity contribution in [3.63, 3.8) is 0 Å². The highest BCUT2D eigenvalue weighted by molar-refractivity contribution is 5.93. The highest BCUT2D eigenvalue weighted by Gasteiger charge is 2.51. The van der Waals surface area contributed by atoms with E-state index in [4.69, 9.17) is 4.42 Å². The number of hydrogen-bond donors (Lipinski definition) is 1. The number of aromatic nitrogens is 7. The molecule has 0 radical (unpaired) electrons. The lowest BCUT2D eigenvalue weighted by atomic mass is 9.96. The van der Waals surface area contributed by atoms with Crippen LogP contribution in [0.4, 0.5) is 0 Å². The number of hydrogen-bond acceptors (Lipinski definition) is 6. The first-order valence-electron chi connectivity index (χ1n) is 9.86. The van der Waals surface area contributed by atoms with E-state index in [0.717, 1.165) is 46.3 Å². The van der Waals surface area contributed by atoms with Crippen LogP contribution in [0.2, 0.25) is 0 Å². The van der Waals surface area contributed by atoms with Crippen LogP contribution in [0.1, 0.15) is 30.0 Å². The van der Waals surface area contributed by atoms with Gasteiger partial charge in [0.25, 0.3) is 0 Å². The van der Waals surface area contributed by atoms with Gasteiger partial charge in [0.15, 0.2) is 0 Å². The molecular weight excluding hydrogens is 378 g/mol. The van der Waals surface area contributed by atoms with Crippen molar-refractivity contribution in [1.82, 2.24) is 34.9 Å². The van der Waals surface area contributed by atoms with Crippen LogP contribution in [0.15, 0.2) is 53.6 Å². The van der Waals surface area contributed by atoms with E-state index in [-0.39, 0.29) is 5.41 Å². The topological polar surface area (TPSA) is 98.3 Å². The van der Waals surface area contributed by atoms with E-state index >= 15 is 0 Å². The number of H-pyrrole nitrogens is 1. The van der Waals surface area contributed by atoms with Crippen LogP contribution in [0.3, 0.4) is 0 Å². The zero-order valence-corrected chi connectivity index (χ0v) is 16.6. The Balaban J connectivity index is 1.41. The van der Waals surface area contributed by atoms with Gasteiger partial charge < -0.3 is 9.40 Å². The molecule has 148 valence electrons. The van der Waals surface area contributed by atoms with Crippen LogP contribution in [0, 0.1) is 6.92 Å². The molecule has 1 aliphatic rings. The van der Waals surface area contributed by atoms with E-state index in [9.17, 15) is 0 Å². The maximum atomic E-state index is 6.20. The molecule has 1 saturated carbocycles. The van der Waals surface area contributed by atoms with Gasteiger partial charge in [-0.25, -0.2) is 4.98 Å². The van der Waals surface area contributed by atoms with Crippen LogP contribution in [0.25, 0.3) is 33.6 Å². The van der Waals surface area contributed by atoms with Gasteiger partial charge in [0, 0.05) is 54.0 Å². The second kappa shape index (κ2) is 6.09. The molecule has 1 N–H and O–H groups in total. The fourth-order valence-corrected chi connectivity index (χ4v) is 4.03. The molecule has 1 aliphatic carbocycles. The molecule has 0 aromatic carbocycles. The Hall–Kier alpha value is -3.81. The first kappa shape index (κ1) is 17.1. The predicted molar refractivity (Wildman–Crippen MR) is 111 cm³/mol. The summed E-state index contributed by atoms with van der Waals surface area (Å²) >= 11 is 0. The summed E-state index contributed by atoms with van der Waals surface area (Å²) in [7, 11) is 1.90. The molecule has 0 amide bonds. The average Bonchev–Trinajstić information content (AvgIpc) is 3.09. The summed E-state index contributed by atoms with van der Waals surface area (Å²) in [5, 5.41) is 14.0. The van der Waals surface area contributed by atoms with Gasteiger partial charge in [-0.15, -0.1) is 10.2 Å². The maximum Gasteiger partial charge on any atom is 0.249 e. The van der Waals surface area contributed by atoms with E-state index in [1.165, 1.54) is 5.56 Å². The molecule has 6 rings (SSSR count). The Morgan fingerprint density at radius 3 is 2.77 bits per heavy atom. The van der Waals surface area contributed by atoms with Crippen molar-refractivity contribution in [2.75, 3.05) is 0 Å². The Kier molecular flexibility index (Phi) is 3.47. The second-order valence-corrected chi connectivity index (χ2v) is 7.91. The van der Waals surface area contributed by atoms with Crippen LogP contribution in [-0.4, -0.2) is 34.9 Å². The molecule has 0 atom stereocenters. The Labute approximate surface area is 172 Å². The number of rotatable bonds is 4. The summed E-state index contributed by atoms with van der Waals surface area (Å²) < 4.78 is 7.98. The summed E-state index contributed by atoms with van der Waals surface area (Å²) in [6.07, 6.45) is 11.3. The summed E-state index contributed by atoms with van der Waals surface area (Å²) in [6, 6.07) is 6.22. The Morgan fingerprint density at radius 2 is 2.00 bits per heavy atom. The van der Waals surface area contributed by atoms with Crippen molar-refractivity contribution in [3.05, 3.63) is 66.3 Å². The fraction of sp³-hybridized carbons (Fsp3) is 0.227. The lowest BCUT2D eigenvalue weighted by molar-refractivity contribution is 0.472. The van der Waals surface area contributed by atoms with E-state index < -0.39 is 0 Å². The van der Waals surface area contributed by atoms with E-state index in [1.807, 2.05) is 51.0 Å². The number of fused-ring (bicyclic) bond motifs is 1. The standard InChI is InChI=1S/C22H19N7O/c1-13-7-16(3-6-23-13)22(4-5-22)21-28-27-20(30-21)18-11-25-19-17(18)8-14(9-24-19)15-10-26-29(2)12-15/h3,6-12H,4-5H2,1-2H3,(H,24,25). The molecule has 8 heteroatoms. The van der Waals surface area contributed by atoms with Crippen LogP contribution in [-0.2, 0) is 12.5 Å². The van der Waals surface area contributed by atoms with E-state index in [1.54, 1.807) is 4.68 Å². The quantitative estimate of drug-likeness (QED) is 0.495. The Morgan fingerprint density at radius 1 is 1.10 bits per heavy atom. The average molecular weight is 397 g/mol. The molecule has 0 aliphatic heterocycles. The zero-order valence-electron chi connectivity index (χ0n) is 16.6. The third-order valence-corrected chi connectivity index (χ3v) is 5.83. The SMILES string of the molecule is Cc1cc(C2(c3nnc(-c4c[nH]c5ncc(-c6cnn(C)c6)cc45)o3)CC2)ccn1. The highest BCUT2D eigenvalue weighted by Crippen LogP contribution is 2.53. The largest absolute Gasteiger partial charge is 0.420 e.